The molecule has 0 saturated carbocycles. The van der Waals surface area contributed by atoms with Crippen molar-refractivity contribution in [2.45, 2.75) is 70.4 Å². The van der Waals surface area contributed by atoms with Crippen molar-refractivity contribution in [3.8, 4) is 50.6 Å². The van der Waals surface area contributed by atoms with Gasteiger partial charge in [-0.25, -0.2) is 14.8 Å². The molecule has 0 aliphatic carbocycles. The molecular formula is C46H45N7O3. The highest BCUT2D eigenvalue weighted by atomic mass is 16.6. The summed E-state index contributed by atoms with van der Waals surface area (Å²) in [6.07, 6.45) is 7.10. The fourth-order valence-electron chi connectivity index (χ4n) is 8.58. The number of carbonyl (C=O) groups excluding carboxylic acids is 1. The van der Waals surface area contributed by atoms with Gasteiger partial charge in [0.1, 0.15) is 23.0 Å². The SMILES string of the molecule is CC(C)(C)OC(=O)N1CCC[C@H]1c1ncc(-c2ccc3c(c2)cc2n3C(c3cccc(-c4ccccc4)c3)Oc3cc(-c4cnc([C@@H]5CCCN5)[nH]4)ccc3-2)[nH]1. The van der Waals surface area contributed by atoms with Crippen molar-refractivity contribution in [1.29, 1.82) is 0 Å². The number of H-pyrrole nitrogens is 2. The van der Waals surface area contributed by atoms with E-state index in [1.165, 1.54) is 0 Å². The minimum absolute atomic E-state index is 0.150. The smallest absolute Gasteiger partial charge is 0.410 e. The second-order valence-electron chi connectivity index (χ2n) is 16.2. The average Bonchev–Trinajstić information content (AvgIpc) is 4.06. The number of fused-ring (bicyclic) bond motifs is 5. The molecule has 3 aromatic heterocycles. The fourth-order valence-corrected chi connectivity index (χ4v) is 8.58. The van der Waals surface area contributed by atoms with E-state index < -0.39 is 11.8 Å². The Morgan fingerprint density at radius 2 is 1.55 bits per heavy atom. The molecule has 7 aromatic rings. The normalized spacial score (nSPS) is 19.2. The van der Waals surface area contributed by atoms with E-state index in [2.05, 4.69) is 111 Å². The van der Waals surface area contributed by atoms with Gasteiger partial charge in [-0.05, 0) is 101 Å². The number of nitrogens with zero attached hydrogens (tertiary/aromatic N) is 4. The van der Waals surface area contributed by atoms with E-state index in [4.69, 9.17) is 19.4 Å². The van der Waals surface area contributed by atoms with E-state index in [1.54, 1.807) is 4.90 Å². The van der Waals surface area contributed by atoms with Gasteiger partial charge in [0, 0.05) is 34.2 Å². The van der Waals surface area contributed by atoms with Crippen LogP contribution in [0.25, 0.3) is 55.8 Å². The van der Waals surface area contributed by atoms with Crippen molar-refractivity contribution in [3.05, 3.63) is 127 Å². The topological polar surface area (TPSA) is 113 Å². The summed E-state index contributed by atoms with van der Waals surface area (Å²) in [6, 6.07) is 34.5. The lowest BCUT2D eigenvalue weighted by molar-refractivity contribution is 0.0218. The van der Waals surface area contributed by atoms with Crippen LogP contribution in [0.5, 0.6) is 5.75 Å². The highest BCUT2D eigenvalue weighted by molar-refractivity contribution is 5.92. The van der Waals surface area contributed by atoms with Gasteiger partial charge in [-0.3, -0.25) is 4.90 Å². The van der Waals surface area contributed by atoms with Crippen LogP contribution in [0.3, 0.4) is 0 Å². The number of ether oxygens (including phenoxy) is 2. The van der Waals surface area contributed by atoms with Crippen LogP contribution in [-0.4, -0.2) is 54.2 Å². The lowest BCUT2D eigenvalue weighted by atomic mass is 10.0. The summed E-state index contributed by atoms with van der Waals surface area (Å²) in [4.78, 5) is 31.5. The summed E-state index contributed by atoms with van der Waals surface area (Å²) < 4.78 is 15.1. The van der Waals surface area contributed by atoms with E-state index in [1.807, 2.05) is 39.2 Å². The molecule has 1 amide bonds. The fraction of sp³-hybridized carbons (Fsp3) is 0.283. The summed E-state index contributed by atoms with van der Waals surface area (Å²) in [5.74, 6) is 2.59. The molecule has 10 nitrogen and oxygen atoms in total. The maximum atomic E-state index is 13.1. The minimum atomic E-state index is -0.557. The number of amides is 1. The molecule has 10 rings (SSSR count). The van der Waals surface area contributed by atoms with Gasteiger partial charge in [-0.1, -0.05) is 60.7 Å². The number of rotatable bonds is 6. The van der Waals surface area contributed by atoms with E-state index in [9.17, 15) is 4.79 Å². The molecule has 3 atom stereocenters. The molecule has 282 valence electrons. The van der Waals surface area contributed by atoms with Gasteiger partial charge >= 0.3 is 6.09 Å². The zero-order chi connectivity index (χ0) is 38.0. The van der Waals surface area contributed by atoms with Crippen LogP contribution in [0, 0.1) is 0 Å². The van der Waals surface area contributed by atoms with Gasteiger partial charge in [0.2, 0.25) is 6.23 Å². The molecule has 56 heavy (non-hydrogen) atoms. The lowest BCUT2D eigenvalue weighted by Crippen LogP contribution is -2.36. The molecule has 10 heteroatoms. The van der Waals surface area contributed by atoms with Crippen LogP contribution in [0.15, 0.2) is 109 Å². The molecule has 0 bridgehead atoms. The van der Waals surface area contributed by atoms with Crippen LogP contribution in [0.4, 0.5) is 4.79 Å². The highest BCUT2D eigenvalue weighted by Crippen LogP contribution is 2.46. The summed E-state index contributed by atoms with van der Waals surface area (Å²) in [6.45, 7) is 7.36. The number of hydrogen-bond donors (Lipinski definition) is 3. The second kappa shape index (κ2) is 13.6. The maximum absolute atomic E-state index is 13.1. The van der Waals surface area contributed by atoms with Gasteiger partial charge in [-0.2, -0.15) is 0 Å². The van der Waals surface area contributed by atoms with Crippen LogP contribution >= 0.6 is 0 Å². The summed E-state index contributed by atoms with van der Waals surface area (Å²) in [5, 5.41) is 4.64. The molecule has 0 spiro atoms. The van der Waals surface area contributed by atoms with Crippen LogP contribution < -0.4 is 10.1 Å². The Morgan fingerprint density at radius 1 is 0.786 bits per heavy atom. The number of hydrogen-bond acceptors (Lipinski definition) is 6. The summed E-state index contributed by atoms with van der Waals surface area (Å²) in [5.41, 5.74) is 9.93. The molecule has 3 aliphatic rings. The molecule has 6 heterocycles. The first-order valence-corrected chi connectivity index (χ1v) is 19.7. The van der Waals surface area contributed by atoms with Gasteiger partial charge < -0.3 is 29.3 Å². The van der Waals surface area contributed by atoms with Crippen molar-refractivity contribution in [3.63, 3.8) is 0 Å². The lowest BCUT2D eigenvalue weighted by Gasteiger charge is -2.31. The molecular weight excluding hydrogens is 699 g/mol. The number of benzene rings is 4. The van der Waals surface area contributed by atoms with Gasteiger partial charge in [0.05, 0.1) is 47.1 Å². The Hall–Kier alpha value is -6.13. The molecule has 2 fully saturated rings. The Labute approximate surface area is 325 Å². The van der Waals surface area contributed by atoms with E-state index in [0.29, 0.717) is 6.54 Å². The predicted molar refractivity (Wildman–Crippen MR) is 218 cm³/mol. The second-order valence-corrected chi connectivity index (χ2v) is 16.2. The first-order valence-electron chi connectivity index (χ1n) is 19.7. The third-order valence-corrected chi connectivity index (χ3v) is 11.2. The van der Waals surface area contributed by atoms with Crippen molar-refractivity contribution in [2.24, 2.45) is 0 Å². The average molecular weight is 744 g/mol. The third-order valence-electron chi connectivity index (χ3n) is 11.2. The van der Waals surface area contributed by atoms with Gasteiger partial charge in [0.25, 0.3) is 0 Å². The van der Waals surface area contributed by atoms with E-state index in [0.717, 1.165) is 111 Å². The molecule has 4 aromatic carbocycles. The molecule has 0 radical (unpaired) electrons. The minimum Gasteiger partial charge on any atom is -0.465 e. The highest BCUT2D eigenvalue weighted by Gasteiger charge is 2.35. The third kappa shape index (κ3) is 6.23. The Morgan fingerprint density at radius 3 is 2.36 bits per heavy atom. The van der Waals surface area contributed by atoms with E-state index >= 15 is 0 Å². The Bertz CT molecular complexity index is 2570. The van der Waals surface area contributed by atoms with Crippen molar-refractivity contribution in [1.82, 2.24) is 34.7 Å². The molecule has 1 unspecified atom stereocenters. The molecule has 3 aliphatic heterocycles. The number of nitrogens with one attached hydrogen (secondary N) is 3. The largest absolute Gasteiger partial charge is 0.465 e. The van der Waals surface area contributed by atoms with Crippen molar-refractivity contribution in [2.75, 3.05) is 13.1 Å². The van der Waals surface area contributed by atoms with Gasteiger partial charge in [0.15, 0.2) is 0 Å². The zero-order valence-corrected chi connectivity index (χ0v) is 31.9. The first-order chi connectivity index (χ1) is 27.3. The number of carbonyl (C=O) groups is 1. The molecule has 2 saturated heterocycles. The monoisotopic (exact) mass is 743 g/mol. The Kier molecular flexibility index (Phi) is 8.32. The van der Waals surface area contributed by atoms with E-state index in [-0.39, 0.29) is 18.2 Å². The summed E-state index contributed by atoms with van der Waals surface area (Å²) >= 11 is 0. The first kappa shape index (κ1) is 34.4. The number of aromatic amines is 2. The van der Waals surface area contributed by atoms with Crippen LogP contribution in [-0.2, 0) is 4.74 Å². The number of imidazole rings is 2. The predicted octanol–water partition coefficient (Wildman–Crippen LogP) is 10.2. The van der Waals surface area contributed by atoms with Crippen molar-refractivity contribution < 1.29 is 14.3 Å². The summed E-state index contributed by atoms with van der Waals surface area (Å²) in [7, 11) is 0. The standard InChI is InChI=1S/C46H45N7O3/c1-46(2,3)56-45(54)52-21-9-15-39(52)43-49-27-36(51-43)30-17-19-38-33(23-30)24-40-34-18-16-31(37-26-48-42(50-37)35-14-8-20-47-35)25-41(34)55-44(53(38)40)32-13-7-12-29(22-32)28-10-5-4-6-11-28/h4-7,10-13,16-19,22-27,35,39,44,47H,8-9,14-15,20-21H2,1-3H3,(H,48,50)(H,49,51)/t35-,39-,44?/m0/s1. The van der Waals surface area contributed by atoms with Crippen molar-refractivity contribution >= 4 is 17.0 Å². The zero-order valence-electron chi connectivity index (χ0n) is 31.9. The van der Waals surface area contributed by atoms with Crippen LogP contribution in [0.1, 0.15) is 82.0 Å². The molecule has 3 N–H and O–H groups in total. The quantitative estimate of drug-likeness (QED) is 0.156. The maximum Gasteiger partial charge on any atom is 0.410 e. The number of likely N-dealkylation sites (tertiary alicyclic amines) is 1. The Balaban J connectivity index is 1.03. The van der Waals surface area contributed by atoms with Gasteiger partial charge in [-0.15, -0.1) is 0 Å². The van der Waals surface area contributed by atoms with Crippen LogP contribution in [0.2, 0.25) is 0 Å². The number of aromatic nitrogens is 5.